The molecule has 1 aromatic carbocycles. The highest BCUT2D eigenvalue weighted by Crippen LogP contribution is 2.30. The molecular formula is C29H36N6O2. The van der Waals surface area contributed by atoms with E-state index in [9.17, 15) is 4.79 Å². The highest BCUT2D eigenvalue weighted by Gasteiger charge is 2.39. The van der Waals surface area contributed by atoms with Crippen LogP contribution in [-0.2, 0) is 16.0 Å². The first-order valence-corrected chi connectivity index (χ1v) is 13.0. The summed E-state index contributed by atoms with van der Waals surface area (Å²) in [6.45, 7) is 10.3. The molecule has 0 spiro atoms. The number of benzene rings is 1. The average Bonchev–Trinajstić information content (AvgIpc) is 3.36. The largest absolute Gasteiger partial charge is 0.378 e. The molecule has 1 amide bonds. The van der Waals surface area contributed by atoms with Gasteiger partial charge in [0.25, 0.3) is 0 Å². The zero-order chi connectivity index (χ0) is 25.8. The summed E-state index contributed by atoms with van der Waals surface area (Å²) >= 11 is 0. The Balaban J connectivity index is 1.52. The lowest BCUT2D eigenvalue weighted by Gasteiger charge is -2.43. The molecule has 5 rings (SSSR count). The number of ether oxygens (including phenoxy) is 1. The van der Waals surface area contributed by atoms with Crippen LogP contribution in [0.5, 0.6) is 0 Å². The number of fused-ring (bicyclic) bond motifs is 1. The minimum atomic E-state index is -0.307. The number of amidine groups is 1. The van der Waals surface area contributed by atoms with E-state index < -0.39 is 0 Å². The molecule has 0 radical (unpaired) electrons. The van der Waals surface area contributed by atoms with Crippen LogP contribution in [0, 0.1) is 0 Å². The van der Waals surface area contributed by atoms with Crippen molar-refractivity contribution in [1.82, 2.24) is 25.1 Å². The Morgan fingerprint density at radius 1 is 1.19 bits per heavy atom. The van der Waals surface area contributed by atoms with Gasteiger partial charge in [-0.15, -0.1) is 0 Å². The first-order chi connectivity index (χ1) is 18.1. The number of likely N-dealkylation sites (N-methyl/N-ethyl adjacent to an activating group) is 1. The Hall–Kier alpha value is -3.62. The molecular weight excluding hydrogens is 464 g/mol. The lowest BCUT2D eigenvalue weighted by Crippen LogP contribution is -2.59. The van der Waals surface area contributed by atoms with Gasteiger partial charge >= 0.3 is 0 Å². The van der Waals surface area contributed by atoms with E-state index in [2.05, 4.69) is 57.2 Å². The number of hydrazine groups is 1. The SMILES string of the molecule is C=C/C=C(\C=C/C)C1C=C2N=C(N3CCN(C)C(=O)C3Cc3ccccc3)C=C(N3CCOCC3)N2N1. The number of amides is 1. The second-order valence-electron chi connectivity index (χ2n) is 9.60. The van der Waals surface area contributed by atoms with Gasteiger partial charge in [-0.3, -0.25) is 4.79 Å². The summed E-state index contributed by atoms with van der Waals surface area (Å²) in [5.74, 6) is 2.83. The Labute approximate surface area is 219 Å². The smallest absolute Gasteiger partial charge is 0.245 e. The van der Waals surface area contributed by atoms with Gasteiger partial charge in [-0.25, -0.2) is 15.4 Å². The molecule has 4 aliphatic heterocycles. The molecule has 1 aromatic rings. The van der Waals surface area contributed by atoms with Crippen molar-refractivity contribution in [2.24, 2.45) is 4.99 Å². The van der Waals surface area contributed by atoms with Crippen LogP contribution >= 0.6 is 0 Å². The topological polar surface area (TPSA) is 63.6 Å². The van der Waals surface area contributed by atoms with Crippen LogP contribution in [-0.4, -0.2) is 90.0 Å². The number of hydrogen-bond acceptors (Lipinski definition) is 7. The second kappa shape index (κ2) is 11.2. The maximum absolute atomic E-state index is 13.4. The van der Waals surface area contributed by atoms with Crippen molar-refractivity contribution >= 4 is 11.7 Å². The van der Waals surface area contributed by atoms with E-state index in [1.807, 2.05) is 55.3 Å². The van der Waals surface area contributed by atoms with E-state index >= 15 is 0 Å². The summed E-state index contributed by atoms with van der Waals surface area (Å²) in [6.07, 6.45) is 12.9. The number of morpholine rings is 1. The highest BCUT2D eigenvalue weighted by molar-refractivity contribution is 5.99. The van der Waals surface area contributed by atoms with E-state index in [4.69, 9.17) is 9.73 Å². The molecule has 0 bridgehead atoms. The number of carbonyl (C=O) groups excluding carboxylic acids is 1. The second-order valence-corrected chi connectivity index (χ2v) is 9.60. The first-order valence-electron chi connectivity index (χ1n) is 13.0. The summed E-state index contributed by atoms with van der Waals surface area (Å²) in [5, 5.41) is 2.07. The molecule has 2 saturated heterocycles. The third-order valence-corrected chi connectivity index (χ3v) is 7.17. The fourth-order valence-corrected chi connectivity index (χ4v) is 5.22. The third-order valence-electron chi connectivity index (χ3n) is 7.17. The number of nitrogens with zero attached hydrogens (tertiary/aromatic N) is 5. The number of carbonyl (C=O) groups is 1. The molecule has 8 heteroatoms. The number of nitrogens with one attached hydrogen (secondary N) is 1. The predicted octanol–water partition coefficient (Wildman–Crippen LogP) is 2.68. The number of rotatable bonds is 6. The summed E-state index contributed by atoms with van der Waals surface area (Å²) < 4.78 is 5.64. The molecule has 4 heterocycles. The van der Waals surface area contributed by atoms with Crippen LogP contribution in [0.3, 0.4) is 0 Å². The lowest BCUT2D eigenvalue weighted by molar-refractivity contribution is -0.137. The standard InChI is InChI=1S/C29H36N6O2/c1-4-9-23(10-5-2)24-20-27-30-26(21-28(35(27)31-24)33-15-17-37-18-16-33)34-14-13-32(3)29(36)25(34)19-22-11-7-6-8-12-22/h4-12,20-21,24-25,31H,1,13-19H2,2-3H3/b10-5-,23-9+. The minimum Gasteiger partial charge on any atom is -0.378 e. The lowest BCUT2D eigenvalue weighted by atomic mass is 10.0. The van der Waals surface area contributed by atoms with Gasteiger partial charge in [0.1, 0.15) is 23.5 Å². The summed E-state index contributed by atoms with van der Waals surface area (Å²) in [7, 11) is 1.89. The van der Waals surface area contributed by atoms with Crippen LogP contribution < -0.4 is 5.43 Å². The van der Waals surface area contributed by atoms with Crippen molar-refractivity contribution in [3.63, 3.8) is 0 Å². The average molecular weight is 501 g/mol. The van der Waals surface area contributed by atoms with Crippen molar-refractivity contribution in [2.75, 3.05) is 46.4 Å². The van der Waals surface area contributed by atoms with Crippen LogP contribution in [0.15, 0.2) is 95.6 Å². The van der Waals surface area contributed by atoms with Crippen molar-refractivity contribution in [1.29, 1.82) is 0 Å². The summed E-state index contributed by atoms with van der Waals surface area (Å²) in [6, 6.07) is 9.88. The van der Waals surface area contributed by atoms with Gasteiger partial charge in [-0.1, -0.05) is 61.2 Å². The van der Waals surface area contributed by atoms with Gasteiger partial charge in [0.2, 0.25) is 5.91 Å². The van der Waals surface area contributed by atoms with Crippen LogP contribution in [0.1, 0.15) is 12.5 Å². The van der Waals surface area contributed by atoms with Gasteiger partial charge in [-0.2, -0.15) is 0 Å². The Morgan fingerprint density at radius 2 is 1.97 bits per heavy atom. The van der Waals surface area contributed by atoms with E-state index in [0.717, 1.165) is 48.2 Å². The molecule has 1 N–H and O–H groups in total. The zero-order valence-electron chi connectivity index (χ0n) is 21.7. The van der Waals surface area contributed by atoms with Crippen LogP contribution in [0.25, 0.3) is 0 Å². The molecule has 194 valence electrons. The monoisotopic (exact) mass is 500 g/mol. The Bertz CT molecular complexity index is 1160. The molecule has 8 nitrogen and oxygen atoms in total. The zero-order valence-corrected chi connectivity index (χ0v) is 21.7. The van der Waals surface area contributed by atoms with Gasteiger partial charge in [0, 0.05) is 45.7 Å². The molecule has 0 aromatic heterocycles. The molecule has 37 heavy (non-hydrogen) atoms. The fraction of sp³-hybridized carbons (Fsp3) is 0.379. The molecule has 2 unspecified atom stereocenters. The molecule has 0 saturated carbocycles. The molecule has 2 atom stereocenters. The van der Waals surface area contributed by atoms with Crippen molar-refractivity contribution in [3.05, 3.63) is 96.1 Å². The number of allylic oxidation sites excluding steroid dienone is 3. The number of aliphatic imine (C=N–C) groups is 1. The summed E-state index contributed by atoms with van der Waals surface area (Å²) in [5.41, 5.74) is 5.87. The van der Waals surface area contributed by atoms with E-state index in [0.29, 0.717) is 26.2 Å². The van der Waals surface area contributed by atoms with E-state index in [1.54, 1.807) is 0 Å². The predicted molar refractivity (Wildman–Crippen MR) is 146 cm³/mol. The fourth-order valence-electron chi connectivity index (χ4n) is 5.22. The van der Waals surface area contributed by atoms with Gasteiger partial charge < -0.3 is 19.4 Å². The molecule has 2 fully saturated rings. The van der Waals surface area contributed by atoms with E-state index in [1.165, 1.54) is 0 Å². The van der Waals surface area contributed by atoms with Crippen molar-refractivity contribution in [3.8, 4) is 0 Å². The van der Waals surface area contributed by atoms with Crippen LogP contribution in [0.4, 0.5) is 0 Å². The van der Waals surface area contributed by atoms with Crippen molar-refractivity contribution in [2.45, 2.75) is 25.4 Å². The minimum absolute atomic E-state index is 0.0361. The highest BCUT2D eigenvalue weighted by atomic mass is 16.5. The Morgan fingerprint density at radius 3 is 2.70 bits per heavy atom. The quantitative estimate of drug-likeness (QED) is 0.606. The normalized spacial score (nSPS) is 24.8. The summed E-state index contributed by atoms with van der Waals surface area (Å²) in [4.78, 5) is 24.9. The van der Waals surface area contributed by atoms with Crippen LogP contribution in [0.2, 0.25) is 0 Å². The maximum atomic E-state index is 13.4. The van der Waals surface area contributed by atoms with Gasteiger partial charge in [0.05, 0.1) is 19.3 Å². The Kier molecular flexibility index (Phi) is 7.58. The van der Waals surface area contributed by atoms with E-state index in [-0.39, 0.29) is 18.0 Å². The first kappa shape index (κ1) is 25.0. The van der Waals surface area contributed by atoms with Gasteiger partial charge in [-0.05, 0) is 24.1 Å². The molecule has 4 aliphatic rings. The number of piperazine rings is 1. The van der Waals surface area contributed by atoms with Crippen molar-refractivity contribution < 1.29 is 9.53 Å². The van der Waals surface area contributed by atoms with Gasteiger partial charge in [0.15, 0.2) is 0 Å². The molecule has 0 aliphatic carbocycles. The number of hydrogen-bond donors (Lipinski definition) is 1. The third kappa shape index (κ3) is 5.26. The maximum Gasteiger partial charge on any atom is 0.245 e.